The van der Waals surface area contributed by atoms with Crippen molar-refractivity contribution in [3.05, 3.63) is 77.4 Å². The molecule has 0 N–H and O–H groups in total. The first-order valence-electron chi connectivity index (χ1n) is 9.15. The highest BCUT2D eigenvalue weighted by Crippen LogP contribution is 2.12. The van der Waals surface area contributed by atoms with Gasteiger partial charge in [-0.15, -0.1) is 5.10 Å². The van der Waals surface area contributed by atoms with Crippen molar-refractivity contribution in [2.75, 3.05) is 0 Å². The summed E-state index contributed by atoms with van der Waals surface area (Å²) in [5, 5.41) is 8.23. The summed E-state index contributed by atoms with van der Waals surface area (Å²) < 4.78 is 1.61. The van der Waals surface area contributed by atoms with Gasteiger partial charge in [-0.05, 0) is 30.5 Å². The minimum Gasteiger partial charge on any atom is -0.331 e. The lowest BCUT2D eigenvalue weighted by atomic mass is 10.2. The van der Waals surface area contributed by atoms with Crippen molar-refractivity contribution in [1.29, 1.82) is 0 Å². The van der Waals surface area contributed by atoms with E-state index in [1.54, 1.807) is 4.68 Å². The van der Waals surface area contributed by atoms with Crippen LogP contribution in [0.2, 0.25) is 0 Å². The molecule has 0 spiro atoms. The monoisotopic (exact) mass is 363 g/mol. The van der Waals surface area contributed by atoms with E-state index in [-0.39, 0.29) is 18.4 Å². The highest BCUT2D eigenvalue weighted by molar-refractivity contribution is 5.75. The molecule has 0 bridgehead atoms. The summed E-state index contributed by atoms with van der Waals surface area (Å²) in [6.45, 7) is 7.22. The molecule has 3 rings (SSSR count). The second kappa shape index (κ2) is 8.58. The molecule has 0 saturated heterocycles. The Labute approximate surface area is 159 Å². The molecule has 2 heterocycles. The number of aryl methyl sites for hydroxylation is 1. The van der Waals surface area contributed by atoms with Crippen LogP contribution in [0.25, 0.3) is 0 Å². The Morgan fingerprint density at radius 1 is 1.07 bits per heavy atom. The van der Waals surface area contributed by atoms with Crippen molar-refractivity contribution in [3.63, 3.8) is 0 Å². The maximum absolute atomic E-state index is 13.0. The zero-order valence-corrected chi connectivity index (χ0v) is 16.0. The van der Waals surface area contributed by atoms with Gasteiger partial charge in [0, 0.05) is 18.4 Å². The van der Waals surface area contributed by atoms with Gasteiger partial charge in [0.05, 0.1) is 17.9 Å². The summed E-state index contributed by atoms with van der Waals surface area (Å²) in [5.74, 6) is 0.271. The number of hydrogen-bond acceptors (Lipinski definition) is 4. The van der Waals surface area contributed by atoms with Gasteiger partial charge < -0.3 is 4.90 Å². The summed E-state index contributed by atoms with van der Waals surface area (Å²) in [6, 6.07) is 15.9. The van der Waals surface area contributed by atoms with Crippen LogP contribution in [0.3, 0.4) is 0 Å². The Hall–Kier alpha value is -3.02. The highest BCUT2D eigenvalue weighted by Gasteiger charge is 2.17. The summed E-state index contributed by atoms with van der Waals surface area (Å²) in [4.78, 5) is 19.4. The smallest absolute Gasteiger partial charge is 0.245 e. The topological polar surface area (TPSA) is 63.9 Å². The Bertz CT molecular complexity index is 888. The van der Waals surface area contributed by atoms with E-state index >= 15 is 0 Å². The van der Waals surface area contributed by atoms with E-state index in [0.29, 0.717) is 13.1 Å². The number of carbonyl (C=O) groups excluding carboxylic acids is 1. The van der Waals surface area contributed by atoms with Gasteiger partial charge in [-0.3, -0.25) is 9.78 Å². The molecule has 1 amide bonds. The van der Waals surface area contributed by atoms with Gasteiger partial charge in [-0.1, -0.05) is 55.5 Å². The largest absolute Gasteiger partial charge is 0.331 e. The highest BCUT2D eigenvalue weighted by atomic mass is 16.2. The molecule has 0 aliphatic rings. The molecule has 2 aromatic heterocycles. The zero-order chi connectivity index (χ0) is 19.2. The third-order valence-electron chi connectivity index (χ3n) is 4.31. The van der Waals surface area contributed by atoms with E-state index in [0.717, 1.165) is 22.6 Å². The van der Waals surface area contributed by atoms with E-state index in [1.165, 1.54) is 0 Å². The molecule has 0 radical (unpaired) electrons. The van der Waals surface area contributed by atoms with E-state index in [9.17, 15) is 4.79 Å². The summed E-state index contributed by atoms with van der Waals surface area (Å²) >= 11 is 0. The van der Waals surface area contributed by atoms with Crippen LogP contribution in [0.15, 0.2) is 54.7 Å². The summed E-state index contributed by atoms with van der Waals surface area (Å²) in [5.41, 5.74) is 3.79. The predicted molar refractivity (Wildman–Crippen MR) is 104 cm³/mol. The molecule has 1 aromatic carbocycles. The van der Waals surface area contributed by atoms with Crippen molar-refractivity contribution < 1.29 is 4.79 Å². The van der Waals surface area contributed by atoms with E-state index in [4.69, 9.17) is 0 Å². The third-order valence-corrected chi connectivity index (χ3v) is 4.31. The molecule has 0 aliphatic carbocycles. The number of amides is 1. The second-order valence-electron chi connectivity index (χ2n) is 7.00. The first-order chi connectivity index (χ1) is 13.0. The number of rotatable bonds is 7. The fourth-order valence-corrected chi connectivity index (χ4v) is 2.81. The van der Waals surface area contributed by atoms with Gasteiger partial charge in [-0.2, -0.15) is 0 Å². The molecule has 0 fully saturated rings. The van der Waals surface area contributed by atoms with Crippen LogP contribution in [-0.4, -0.2) is 30.8 Å². The molecule has 140 valence electrons. The van der Waals surface area contributed by atoms with Crippen molar-refractivity contribution in [2.24, 2.45) is 0 Å². The normalized spacial score (nSPS) is 11.0. The minimum absolute atomic E-state index is 0.0117. The summed E-state index contributed by atoms with van der Waals surface area (Å²) in [7, 11) is 0. The van der Waals surface area contributed by atoms with Crippen molar-refractivity contribution in [2.45, 2.75) is 46.3 Å². The van der Waals surface area contributed by atoms with Crippen molar-refractivity contribution >= 4 is 5.91 Å². The maximum atomic E-state index is 13.0. The van der Waals surface area contributed by atoms with Crippen LogP contribution in [-0.2, 0) is 24.4 Å². The van der Waals surface area contributed by atoms with Crippen molar-refractivity contribution in [3.8, 4) is 0 Å². The second-order valence-corrected chi connectivity index (χ2v) is 7.00. The SMILES string of the molecule is Cc1cccc(CN(Cc2ccccc2)C(=O)Cn2cc(C(C)C)nn2)n1. The molecule has 6 heteroatoms. The number of nitrogens with zero attached hydrogens (tertiary/aromatic N) is 5. The van der Waals surface area contributed by atoms with E-state index < -0.39 is 0 Å². The van der Waals surface area contributed by atoms with Crippen LogP contribution in [0.5, 0.6) is 0 Å². The standard InChI is InChI=1S/C21H25N5O/c1-16(2)20-14-26(24-23-20)15-21(27)25(12-18-9-5-4-6-10-18)13-19-11-7-8-17(3)22-19/h4-11,14,16H,12-13,15H2,1-3H3. The van der Waals surface area contributed by atoms with Crippen LogP contribution < -0.4 is 0 Å². The molecule has 6 nitrogen and oxygen atoms in total. The van der Waals surface area contributed by atoms with Gasteiger partial charge in [0.1, 0.15) is 6.54 Å². The molecule has 0 unspecified atom stereocenters. The fourth-order valence-electron chi connectivity index (χ4n) is 2.81. The molecule has 0 atom stereocenters. The molecular weight excluding hydrogens is 338 g/mol. The first kappa shape index (κ1) is 18.8. The van der Waals surface area contributed by atoms with Crippen LogP contribution in [0, 0.1) is 6.92 Å². The lowest BCUT2D eigenvalue weighted by Gasteiger charge is -2.22. The minimum atomic E-state index is -0.0117. The molecule has 0 saturated carbocycles. The Balaban J connectivity index is 1.77. The van der Waals surface area contributed by atoms with E-state index in [1.807, 2.05) is 66.6 Å². The first-order valence-corrected chi connectivity index (χ1v) is 9.15. The average molecular weight is 363 g/mol. The molecular formula is C21H25N5O. The van der Waals surface area contributed by atoms with Gasteiger partial charge in [-0.25, -0.2) is 4.68 Å². The molecule has 0 aliphatic heterocycles. The van der Waals surface area contributed by atoms with Gasteiger partial charge in [0.25, 0.3) is 0 Å². The lowest BCUT2D eigenvalue weighted by molar-refractivity contribution is -0.133. The maximum Gasteiger partial charge on any atom is 0.245 e. The number of pyridine rings is 1. The van der Waals surface area contributed by atoms with Crippen molar-refractivity contribution in [1.82, 2.24) is 24.9 Å². The average Bonchev–Trinajstić information content (AvgIpc) is 3.11. The van der Waals surface area contributed by atoms with E-state index in [2.05, 4.69) is 29.1 Å². The number of hydrogen-bond donors (Lipinski definition) is 0. The summed E-state index contributed by atoms with van der Waals surface area (Å²) in [6.07, 6.45) is 1.84. The van der Waals surface area contributed by atoms with Crippen LogP contribution in [0.1, 0.15) is 42.4 Å². The predicted octanol–water partition coefficient (Wildman–Crippen LogP) is 3.33. The number of aromatic nitrogens is 4. The molecule has 27 heavy (non-hydrogen) atoms. The fraction of sp³-hybridized carbons (Fsp3) is 0.333. The number of carbonyl (C=O) groups is 1. The number of benzene rings is 1. The Kier molecular flexibility index (Phi) is 5.96. The molecule has 3 aromatic rings. The quantitative estimate of drug-likeness (QED) is 0.646. The third kappa shape index (κ3) is 5.23. The zero-order valence-electron chi connectivity index (χ0n) is 16.0. The van der Waals surface area contributed by atoms with Gasteiger partial charge in [0.2, 0.25) is 5.91 Å². The van der Waals surface area contributed by atoms with Crippen LogP contribution in [0.4, 0.5) is 0 Å². The van der Waals surface area contributed by atoms with Crippen LogP contribution >= 0.6 is 0 Å². The van der Waals surface area contributed by atoms with Gasteiger partial charge >= 0.3 is 0 Å². The Morgan fingerprint density at radius 3 is 2.52 bits per heavy atom. The lowest BCUT2D eigenvalue weighted by Crippen LogP contribution is -2.33. The Morgan fingerprint density at radius 2 is 1.85 bits per heavy atom. The van der Waals surface area contributed by atoms with Gasteiger partial charge in [0.15, 0.2) is 0 Å².